The molecule has 22 nitrogen and oxygen atoms in total. The highest BCUT2D eigenvalue weighted by molar-refractivity contribution is 7.88. The zero-order valence-electron chi connectivity index (χ0n) is 69.7. The number of likely N-dealkylation sites (tertiary alicyclic amines) is 2. The van der Waals surface area contributed by atoms with Crippen LogP contribution in [0.3, 0.4) is 0 Å². The topological polar surface area (TPSA) is 291 Å². The second-order valence-corrected chi connectivity index (χ2v) is 44.8. The van der Waals surface area contributed by atoms with E-state index in [0.717, 1.165) is 116 Å². The standard InChI is InChI=1S/C46H74N4O8S.C41H66N4O6S/c1-9-32-28-44(32,38(53)48-59(55,56)49-24-13-14-25-49)30-35(51)34-29-46(41(5,6)45(46)20-15-21-45)31-50(34)37(52)33(42(7)22-26-57-27-23-42)16-17-36(43(8)18-11-10-12-19-43)47-39(54)58-40(2,3)4;1-6-29-25-39(29,35(48)43-52(49,50)44-21-10-11-22-44)27-32(46)31-26-41(36(2,3)40(41)17-12-18-40)28-45(31)34(47)30(37(4)19-23-51-24-20-37)13-14-33(42)38(5)15-8-7-9-16-38/h9,32-34,36H,1,10-31H2,2-8H3,(H,47,54)(H,48,53);6,29-31,33H,1,7-28,42H2,2-5H3,(H,43,48)/t32-,33-,34+,36-,44-,46-;29-,30-,31+,33-,39-,41-/m11/s1. The molecule has 6 heterocycles. The van der Waals surface area contributed by atoms with E-state index in [1.54, 1.807) is 12.2 Å². The molecule has 5 amide bonds. The van der Waals surface area contributed by atoms with Gasteiger partial charge in [-0.1, -0.05) is 119 Å². The Balaban J connectivity index is 0.000000196. The maximum absolute atomic E-state index is 15.7. The summed E-state index contributed by atoms with van der Waals surface area (Å²) in [5.74, 6) is -2.85. The molecule has 14 rings (SSSR count). The highest BCUT2D eigenvalue weighted by atomic mass is 32.2. The van der Waals surface area contributed by atoms with Crippen LogP contribution in [0.5, 0.6) is 0 Å². The van der Waals surface area contributed by atoms with Crippen molar-refractivity contribution in [1.82, 2.24) is 33.2 Å². The summed E-state index contributed by atoms with van der Waals surface area (Å²) in [5, 5.41) is 3.28. The van der Waals surface area contributed by atoms with E-state index in [4.69, 9.17) is 19.9 Å². The molecule has 24 heteroatoms. The summed E-state index contributed by atoms with van der Waals surface area (Å²) in [6.45, 7) is 36.7. The molecule has 624 valence electrons. The van der Waals surface area contributed by atoms with Gasteiger partial charge in [0.15, 0.2) is 11.6 Å². The Morgan fingerprint density at radius 3 is 1.18 bits per heavy atom. The molecule has 6 saturated heterocycles. The number of carbonyl (C=O) groups is 7. The first-order valence-electron chi connectivity index (χ1n) is 43.6. The zero-order chi connectivity index (χ0) is 80.2. The lowest BCUT2D eigenvalue weighted by atomic mass is 9.65. The third kappa shape index (κ3) is 14.8. The quantitative estimate of drug-likeness (QED) is 0.0556. The van der Waals surface area contributed by atoms with Crippen LogP contribution in [0.15, 0.2) is 25.3 Å². The molecule has 0 aromatic carbocycles. The molecule has 111 heavy (non-hydrogen) atoms. The number of nitrogens with zero attached hydrogens (tertiary/aromatic N) is 4. The smallest absolute Gasteiger partial charge is 0.407 e. The van der Waals surface area contributed by atoms with Crippen LogP contribution < -0.4 is 20.5 Å². The van der Waals surface area contributed by atoms with E-state index in [1.165, 1.54) is 40.7 Å². The number of allylic oxidation sites excluding steroid dienone is 2. The van der Waals surface area contributed by atoms with E-state index in [1.807, 2.05) is 30.6 Å². The molecule has 6 aliphatic heterocycles. The lowest BCUT2D eigenvalue weighted by Crippen LogP contribution is -2.52. The highest BCUT2D eigenvalue weighted by Gasteiger charge is 2.87. The van der Waals surface area contributed by atoms with E-state index in [0.29, 0.717) is 123 Å². The minimum Gasteiger partial charge on any atom is -0.444 e. The number of hydrogen-bond acceptors (Lipinski definition) is 15. The Kier molecular flexibility index (Phi) is 23.3. The molecular weight excluding hydrogens is 1450 g/mol. The van der Waals surface area contributed by atoms with Crippen LogP contribution in [-0.4, -0.2) is 172 Å². The van der Waals surface area contributed by atoms with Crippen molar-refractivity contribution in [2.24, 2.45) is 94.4 Å². The van der Waals surface area contributed by atoms with Crippen LogP contribution >= 0.6 is 0 Å². The summed E-state index contributed by atoms with van der Waals surface area (Å²) < 4.78 is 77.6. The molecule has 8 aliphatic carbocycles. The number of ketones is 2. The van der Waals surface area contributed by atoms with Crippen LogP contribution in [-0.2, 0) is 63.4 Å². The van der Waals surface area contributed by atoms with Gasteiger partial charge in [-0.15, -0.1) is 13.2 Å². The average Bonchev–Trinajstić information content (AvgIpc) is 1.46. The minimum atomic E-state index is -4.04. The Bertz CT molecular complexity index is 3790. The van der Waals surface area contributed by atoms with Crippen LogP contribution in [0.25, 0.3) is 0 Å². The van der Waals surface area contributed by atoms with Crippen molar-refractivity contribution in [3.8, 4) is 0 Å². The minimum absolute atomic E-state index is 0.00389. The zero-order valence-corrected chi connectivity index (χ0v) is 71.3. The summed E-state index contributed by atoms with van der Waals surface area (Å²) in [6, 6.07) is -1.55. The number of Topliss-reactive ketones (excluding diaryl/α,β-unsaturated/α-hetero) is 2. The Hall–Kier alpha value is -4.33. The largest absolute Gasteiger partial charge is 0.444 e. The molecule has 5 N–H and O–H groups in total. The number of carbonyl (C=O) groups excluding carboxylic acids is 7. The molecule has 4 spiro atoms. The number of alkyl carbamates (subject to hydrolysis) is 1. The van der Waals surface area contributed by atoms with Crippen LogP contribution in [0.4, 0.5) is 4.79 Å². The van der Waals surface area contributed by atoms with Gasteiger partial charge in [-0.3, -0.25) is 28.8 Å². The number of amides is 5. The van der Waals surface area contributed by atoms with Crippen LogP contribution in [0, 0.1) is 88.7 Å². The summed E-state index contributed by atoms with van der Waals surface area (Å²) in [5.41, 5.74) is 3.06. The average molecular weight is 1590 g/mol. The summed E-state index contributed by atoms with van der Waals surface area (Å²) in [7, 11) is -8.04. The van der Waals surface area contributed by atoms with Crippen molar-refractivity contribution in [2.45, 2.75) is 324 Å². The molecule has 0 radical (unpaired) electrons. The second-order valence-electron chi connectivity index (χ2n) is 41.5. The van der Waals surface area contributed by atoms with E-state index < -0.39 is 72.8 Å². The normalized spacial score (nSPS) is 34.0. The summed E-state index contributed by atoms with van der Waals surface area (Å²) in [6.07, 6.45) is 31.1. The number of nitrogens with two attached hydrogens (primary N) is 1. The molecule has 0 aromatic heterocycles. The molecule has 8 saturated carbocycles. The number of fused-ring (bicyclic) bond motifs is 2. The van der Waals surface area contributed by atoms with Crippen molar-refractivity contribution in [3.05, 3.63) is 25.3 Å². The third-order valence-corrected chi connectivity index (χ3v) is 37.4. The third-order valence-electron chi connectivity index (χ3n) is 34.4. The Labute approximate surface area is 665 Å². The fourth-order valence-electron chi connectivity index (χ4n) is 25.7. The van der Waals surface area contributed by atoms with Crippen molar-refractivity contribution in [3.63, 3.8) is 0 Å². The van der Waals surface area contributed by atoms with E-state index in [2.05, 4.69) is 83.3 Å². The fraction of sp³-hybridized carbons (Fsp3) is 0.874. The van der Waals surface area contributed by atoms with E-state index in [-0.39, 0.29) is 120 Å². The van der Waals surface area contributed by atoms with Crippen molar-refractivity contribution >= 4 is 61.7 Å². The lowest BCUT2D eigenvalue weighted by Gasteiger charge is -2.45. The monoisotopic (exact) mass is 1580 g/mol. The van der Waals surface area contributed by atoms with Gasteiger partial charge in [-0.05, 0) is 230 Å². The molecule has 14 fully saturated rings. The maximum Gasteiger partial charge on any atom is 0.407 e. The Morgan fingerprint density at radius 2 is 0.847 bits per heavy atom. The second kappa shape index (κ2) is 30.5. The van der Waals surface area contributed by atoms with Gasteiger partial charge in [0.1, 0.15) is 5.60 Å². The summed E-state index contributed by atoms with van der Waals surface area (Å²) >= 11 is 0. The van der Waals surface area contributed by atoms with Gasteiger partial charge in [0.25, 0.3) is 0 Å². The molecule has 0 aromatic rings. The first-order valence-corrected chi connectivity index (χ1v) is 46.5. The molecule has 0 unspecified atom stereocenters. The van der Waals surface area contributed by atoms with E-state index >= 15 is 14.4 Å². The molecular formula is C87H140N8O14S2. The Morgan fingerprint density at radius 1 is 0.477 bits per heavy atom. The summed E-state index contributed by atoms with van der Waals surface area (Å²) in [4.78, 5) is 106. The molecule has 12 atom stereocenters. The molecule has 14 aliphatic rings. The first-order chi connectivity index (χ1) is 52.1. The van der Waals surface area contributed by atoms with Gasteiger partial charge in [0.05, 0.1) is 22.9 Å². The fourth-order valence-corrected chi connectivity index (χ4v) is 28.3. The van der Waals surface area contributed by atoms with Gasteiger partial charge in [0.2, 0.25) is 23.6 Å². The molecule has 0 bridgehead atoms. The van der Waals surface area contributed by atoms with Crippen molar-refractivity contribution in [1.29, 1.82) is 0 Å². The van der Waals surface area contributed by atoms with Crippen LogP contribution in [0.2, 0.25) is 0 Å². The van der Waals surface area contributed by atoms with Gasteiger partial charge >= 0.3 is 26.5 Å². The van der Waals surface area contributed by atoms with Gasteiger partial charge in [0, 0.05) is 113 Å². The van der Waals surface area contributed by atoms with Gasteiger partial charge in [-0.2, -0.15) is 25.4 Å². The van der Waals surface area contributed by atoms with Gasteiger partial charge in [-0.25, -0.2) is 14.2 Å². The van der Waals surface area contributed by atoms with Crippen LogP contribution in [0.1, 0.15) is 294 Å². The van der Waals surface area contributed by atoms with Crippen molar-refractivity contribution < 1.29 is 64.6 Å². The highest BCUT2D eigenvalue weighted by Crippen LogP contribution is 2.89. The van der Waals surface area contributed by atoms with Crippen molar-refractivity contribution in [2.75, 3.05) is 65.7 Å². The number of nitrogens with one attached hydrogen (secondary N) is 3. The predicted molar refractivity (Wildman–Crippen MR) is 427 cm³/mol. The lowest BCUT2D eigenvalue weighted by molar-refractivity contribution is -0.148. The number of ether oxygens (including phenoxy) is 3. The SMILES string of the molecule is C=C[C@@H]1C[C@]1(CC(=O)[C@@H]1C[C@@]2(CN1C(=O)[C@@H](CC[C@@H](N)C1(C)CCCCC1)C1(C)CCOCC1)C(C)(C)C21CCC1)C(=O)NS(=O)(=O)N1CCCC1.C=C[C@@H]1C[C@]1(CC(=O)[C@@H]1C[C@@]2(CN1C(=O)[C@@H](CC[C@@H](NC(=O)OC(C)(C)C)C1(C)CCCCC1)C1(C)CCOCC1)C(C)(C)C21CCC1)C(=O)NS(=O)(=O)N1CCCC1. The van der Waals surface area contributed by atoms with Gasteiger partial charge < -0.3 is 35.1 Å². The first kappa shape index (κ1) is 84.6. The maximum atomic E-state index is 15.7. The van der Waals surface area contributed by atoms with E-state index in [9.17, 15) is 36.0 Å². The number of hydrogen-bond donors (Lipinski definition) is 4. The predicted octanol–water partition coefficient (Wildman–Crippen LogP) is 13.4. The number of rotatable bonds is 27.